The summed E-state index contributed by atoms with van der Waals surface area (Å²) in [5, 5.41) is 19.4. The van der Waals surface area contributed by atoms with Crippen LogP contribution in [-0.4, -0.2) is 93.1 Å². The molecule has 0 bridgehead atoms. The van der Waals surface area contributed by atoms with E-state index in [1.165, 1.54) is 12.1 Å². The molecule has 0 aromatic heterocycles. The molecule has 2 unspecified atom stereocenters. The van der Waals surface area contributed by atoms with E-state index in [2.05, 4.69) is 4.90 Å². The van der Waals surface area contributed by atoms with Gasteiger partial charge in [-0.25, -0.2) is 4.79 Å². The molecule has 0 aliphatic carbocycles. The smallest absolute Gasteiger partial charge is 0.335 e. The second-order valence-corrected chi connectivity index (χ2v) is 8.84. The first-order valence-electron chi connectivity index (χ1n) is 10.1. The zero-order valence-corrected chi connectivity index (χ0v) is 16.7. The third kappa shape index (κ3) is 3.40. The molecule has 156 valence electrons. The lowest BCUT2D eigenvalue weighted by Gasteiger charge is -2.61. The van der Waals surface area contributed by atoms with Gasteiger partial charge in [-0.3, -0.25) is 14.5 Å². The Morgan fingerprint density at radius 3 is 2.38 bits per heavy atom. The molecule has 1 aromatic carbocycles. The van der Waals surface area contributed by atoms with Gasteiger partial charge in [-0.05, 0) is 24.6 Å². The van der Waals surface area contributed by atoms with E-state index >= 15 is 0 Å². The van der Waals surface area contributed by atoms with Crippen molar-refractivity contribution in [3.8, 4) is 0 Å². The number of aliphatic hydroxyl groups excluding tert-OH is 1. The molecule has 4 rings (SSSR count). The molecular weight excluding hydrogens is 374 g/mol. The van der Waals surface area contributed by atoms with Gasteiger partial charge in [-0.15, -0.1) is 0 Å². The highest BCUT2D eigenvalue weighted by atomic mass is 16.4. The molecule has 0 saturated carbocycles. The number of hydrogen-bond acceptors (Lipinski definition) is 5. The van der Waals surface area contributed by atoms with E-state index in [0.29, 0.717) is 44.7 Å². The minimum absolute atomic E-state index is 0.0432. The zero-order valence-electron chi connectivity index (χ0n) is 16.7. The minimum atomic E-state index is -1.07. The SMILES string of the molecule is CC(C)C(=O)N1CC2(CN(C(=O)c3cccc(C(=O)O)c3)CC3CC(O)CN32)C1. The number of aliphatic hydroxyl groups is 1. The molecule has 3 fully saturated rings. The Morgan fingerprint density at radius 1 is 1.07 bits per heavy atom. The Hall–Kier alpha value is -2.45. The van der Waals surface area contributed by atoms with E-state index in [9.17, 15) is 24.6 Å². The predicted molar refractivity (Wildman–Crippen MR) is 105 cm³/mol. The summed E-state index contributed by atoms with van der Waals surface area (Å²) in [7, 11) is 0. The number of carbonyl (C=O) groups is 3. The van der Waals surface area contributed by atoms with Crippen LogP contribution in [0.25, 0.3) is 0 Å². The molecule has 8 nitrogen and oxygen atoms in total. The maximum absolute atomic E-state index is 13.2. The lowest BCUT2D eigenvalue weighted by Crippen LogP contribution is -2.79. The zero-order chi connectivity index (χ0) is 20.9. The first kappa shape index (κ1) is 19.8. The van der Waals surface area contributed by atoms with Gasteiger partial charge in [0.05, 0.1) is 17.2 Å². The topological polar surface area (TPSA) is 101 Å². The maximum atomic E-state index is 13.2. The Balaban J connectivity index is 1.57. The van der Waals surface area contributed by atoms with E-state index < -0.39 is 12.1 Å². The molecular formula is C21H27N3O5. The summed E-state index contributed by atoms with van der Waals surface area (Å²) in [6.07, 6.45) is 0.163. The predicted octanol–water partition coefficient (Wildman–Crippen LogP) is 0.513. The molecule has 2 N–H and O–H groups in total. The molecule has 3 aliphatic heterocycles. The third-order valence-corrected chi connectivity index (χ3v) is 6.34. The van der Waals surface area contributed by atoms with Gasteiger partial charge in [-0.1, -0.05) is 19.9 Å². The van der Waals surface area contributed by atoms with Crippen molar-refractivity contribution in [1.82, 2.24) is 14.7 Å². The Morgan fingerprint density at radius 2 is 1.72 bits per heavy atom. The van der Waals surface area contributed by atoms with Crippen LogP contribution >= 0.6 is 0 Å². The average molecular weight is 401 g/mol. The number of carbonyl (C=O) groups excluding carboxylic acids is 2. The molecule has 1 aromatic rings. The average Bonchev–Trinajstić information content (AvgIpc) is 3.04. The number of rotatable bonds is 3. The van der Waals surface area contributed by atoms with E-state index in [0.717, 1.165) is 0 Å². The van der Waals surface area contributed by atoms with Crippen molar-refractivity contribution < 1.29 is 24.6 Å². The lowest BCUT2D eigenvalue weighted by atomic mass is 9.83. The Kier molecular flexibility index (Phi) is 4.86. The highest BCUT2D eigenvalue weighted by molar-refractivity contribution is 5.97. The number of hydrogen-bond donors (Lipinski definition) is 2. The second-order valence-electron chi connectivity index (χ2n) is 8.84. The van der Waals surface area contributed by atoms with Gasteiger partial charge in [0.25, 0.3) is 5.91 Å². The summed E-state index contributed by atoms with van der Waals surface area (Å²) in [5.41, 5.74) is 0.0877. The number of aromatic carboxylic acids is 1. The van der Waals surface area contributed by atoms with Gasteiger partial charge in [0.2, 0.25) is 5.91 Å². The first-order valence-corrected chi connectivity index (χ1v) is 10.1. The summed E-state index contributed by atoms with van der Waals surface area (Å²) in [4.78, 5) is 42.7. The van der Waals surface area contributed by atoms with Gasteiger partial charge in [0.15, 0.2) is 0 Å². The van der Waals surface area contributed by atoms with E-state index in [1.54, 1.807) is 17.0 Å². The molecule has 2 amide bonds. The van der Waals surface area contributed by atoms with Crippen LogP contribution in [0.4, 0.5) is 0 Å². The van der Waals surface area contributed by atoms with Crippen molar-refractivity contribution in [2.24, 2.45) is 5.92 Å². The number of piperazine rings is 1. The van der Waals surface area contributed by atoms with Crippen LogP contribution < -0.4 is 0 Å². The molecule has 0 radical (unpaired) electrons. The van der Waals surface area contributed by atoms with Crippen LogP contribution in [-0.2, 0) is 4.79 Å². The minimum Gasteiger partial charge on any atom is -0.478 e. The van der Waals surface area contributed by atoms with Crippen molar-refractivity contribution >= 4 is 17.8 Å². The summed E-state index contributed by atoms with van der Waals surface area (Å²) >= 11 is 0. The van der Waals surface area contributed by atoms with Crippen LogP contribution in [0.15, 0.2) is 24.3 Å². The van der Waals surface area contributed by atoms with Crippen LogP contribution in [0, 0.1) is 5.92 Å². The normalized spacial score (nSPS) is 25.8. The number of amides is 2. The van der Waals surface area contributed by atoms with Crippen LogP contribution in [0.3, 0.4) is 0 Å². The number of β-amino-alcohol motifs (C(OH)–C–C–N with tert-alkyl or cyclic N) is 1. The van der Waals surface area contributed by atoms with Crippen molar-refractivity contribution in [3.63, 3.8) is 0 Å². The van der Waals surface area contributed by atoms with Crippen LogP contribution in [0.1, 0.15) is 41.0 Å². The molecule has 8 heteroatoms. The molecule has 2 atom stereocenters. The fraction of sp³-hybridized carbons (Fsp3) is 0.571. The molecule has 1 spiro atoms. The van der Waals surface area contributed by atoms with Gasteiger partial charge in [0, 0.05) is 50.2 Å². The lowest BCUT2D eigenvalue weighted by molar-refractivity contribution is -0.157. The maximum Gasteiger partial charge on any atom is 0.335 e. The fourth-order valence-corrected chi connectivity index (χ4v) is 5.00. The van der Waals surface area contributed by atoms with Crippen molar-refractivity contribution in [2.75, 3.05) is 32.7 Å². The number of likely N-dealkylation sites (tertiary alicyclic amines) is 1. The molecule has 3 heterocycles. The molecule has 3 saturated heterocycles. The van der Waals surface area contributed by atoms with Gasteiger partial charge >= 0.3 is 5.97 Å². The standard InChI is InChI=1S/C21H27N3O5/c1-13(2)18(26)23-11-21(12-23)10-22(8-16-7-17(25)9-24(16)21)19(27)14-4-3-5-15(6-14)20(28)29/h3-6,13,16-17,25H,7-12H2,1-2H3,(H,28,29). The van der Waals surface area contributed by atoms with Crippen molar-refractivity contribution in [3.05, 3.63) is 35.4 Å². The van der Waals surface area contributed by atoms with E-state index in [-0.39, 0.29) is 34.9 Å². The van der Waals surface area contributed by atoms with Gasteiger partial charge in [0.1, 0.15) is 0 Å². The van der Waals surface area contributed by atoms with Crippen LogP contribution in [0.5, 0.6) is 0 Å². The van der Waals surface area contributed by atoms with Gasteiger partial charge in [-0.2, -0.15) is 0 Å². The monoisotopic (exact) mass is 401 g/mol. The summed E-state index contributed by atoms with van der Waals surface area (Å²) in [6, 6.07) is 6.12. The Bertz CT molecular complexity index is 848. The van der Waals surface area contributed by atoms with E-state index in [1.807, 2.05) is 18.7 Å². The summed E-state index contributed by atoms with van der Waals surface area (Å²) in [6.45, 7) is 6.37. The van der Waals surface area contributed by atoms with Crippen molar-refractivity contribution in [2.45, 2.75) is 38.0 Å². The van der Waals surface area contributed by atoms with E-state index in [4.69, 9.17) is 0 Å². The largest absolute Gasteiger partial charge is 0.478 e. The van der Waals surface area contributed by atoms with Crippen molar-refractivity contribution in [1.29, 1.82) is 0 Å². The number of carboxylic acid groups (broad SMARTS) is 1. The summed E-state index contributed by atoms with van der Waals surface area (Å²) < 4.78 is 0. The number of benzene rings is 1. The highest BCUT2D eigenvalue weighted by Gasteiger charge is 2.57. The second kappa shape index (κ2) is 7.11. The first-order chi connectivity index (χ1) is 13.7. The highest BCUT2D eigenvalue weighted by Crippen LogP contribution is 2.39. The summed E-state index contributed by atoms with van der Waals surface area (Å²) in [5.74, 6) is -1.25. The van der Waals surface area contributed by atoms with Gasteiger partial charge < -0.3 is 20.0 Å². The molecule has 3 aliphatic rings. The quantitative estimate of drug-likeness (QED) is 0.766. The number of fused-ring (bicyclic) bond motifs is 2. The Labute approximate surface area is 169 Å². The third-order valence-electron chi connectivity index (χ3n) is 6.34. The fourth-order valence-electron chi connectivity index (χ4n) is 5.00. The number of carboxylic acids is 1. The molecule has 29 heavy (non-hydrogen) atoms. The van der Waals surface area contributed by atoms with Crippen LogP contribution in [0.2, 0.25) is 0 Å². The number of nitrogens with zero attached hydrogens (tertiary/aromatic N) is 3.